The van der Waals surface area contributed by atoms with Crippen LogP contribution in [0.4, 0.5) is 5.69 Å². The fraction of sp³-hybridized carbons (Fsp3) is 0.533. The van der Waals surface area contributed by atoms with Crippen LogP contribution in [0.25, 0.3) is 0 Å². The summed E-state index contributed by atoms with van der Waals surface area (Å²) in [4.78, 5) is 11.4. The van der Waals surface area contributed by atoms with E-state index in [1.54, 1.807) is 19.2 Å². The summed E-state index contributed by atoms with van der Waals surface area (Å²) in [5.41, 5.74) is 1.54. The Bertz CT molecular complexity index is 389. The van der Waals surface area contributed by atoms with Gasteiger partial charge in [-0.2, -0.15) is 0 Å². The minimum Gasteiger partial charge on any atom is -0.396 e. The summed E-state index contributed by atoms with van der Waals surface area (Å²) in [6.45, 7) is 5.10. The first-order valence-corrected chi connectivity index (χ1v) is 6.77. The van der Waals surface area contributed by atoms with Crippen molar-refractivity contribution in [2.24, 2.45) is 5.41 Å². The maximum Gasteiger partial charge on any atom is 0.251 e. The van der Waals surface area contributed by atoms with Crippen molar-refractivity contribution in [1.29, 1.82) is 0 Å². The van der Waals surface area contributed by atoms with Gasteiger partial charge in [0.05, 0.1) is 6.61 Å². The van der Waals surface area contributed by atoms with E-state index in [4.69, 9.17) is 0 Å². The zero-order valence-corrected chi connectivity index (χ0v) is 12.0. The van der Waals surface area contributed by atoms with E-state index in [0.717, 1.165) is 25.1 Å². The Morgan fingerprint density at radius 3 is 2.21 bits per heavy atom. The van der Waals surface area contributed by atoms with Crippen molar-refractivity contribution >= 4 is 11.6 Å². The molecule has 0 bridgehead atoms. The first kappa shape index (κ1) is 15.5. The summed E-state index contributed by atoms with van der Waals surface area (Å²) in [6, 6.07) is 7.36. The summed E-state index contributed by atoms with van der Waals surface area (Å²) in [7, 11) is 1.62. The fourth-order valence-corrected chi connectivity index (χ4v) is 1.95. The van der Waals surface area contributed by atoms with Crippen LogP contribution in [0.5, 0.6) is 0 Å². The molecule has 0 spiro atoms. The van der Waals surface area contributed by atoms with E-state index in [-0.39, 0.29) is 17.9 Å². The van der Waals surface area contributed by atoms with Crippen LogP contribution in [0, 0.1) is 5.41 Å². The predicted molar refractivity (Wildman–Crippen MR) is 78.4 cm³/mol. The van der Waals surface area contributed by atoms with Gasteiger partial charge in [0.25, 0.3) is 5.91 Å². The fourth-order valence-electron chi connectivity index (χ4n) is 1.95. The molecule has 0 unspecified atom stereocenters. The average molecular weight is 264 g/mol. The molecule has 0 radical (unpaired) electrons. The van der Waals surface area contributed by atoms with E-state index in [0.29, 0.717) is 5.56 Å². The molecule has 106 valence electrons. The van der Waals surface area contributed by atoms with Crippen LogP contribution in [0.3, 0.4) is 0 Å². The number of amides is 1. The first-order chi connectivity index (χ1) is 9.10. The molecule has 0 saturated carbocycles. The monoisotopic (exact) mass is 264 g/mol. The van der Waals surface area contributed by atoms with Crippen LogP contribution < -0.4 is 10.6 Å². The van der Waals surface area contributed by atoms with Crippen LogP contribution in [-0.2, 0) is 0 Å². The summed E-state index contributed by atoms with van der Waals surface area (Å²) in [6.07, 6.45) is 1.87. The SMILES string of the molecule is CCC(CC)(CO)CNc1ccc(C(=O)NC)cc1. The Kier molecular flexibility index (Phi) is 5.83. The van der Waals surface area contributed by atoms with Crippen molar-refractivity contribution < 1.29 is 9.90 Å². The van der Waals surface area contributed by atoms with Gasteiger partial charge in [-0.05, 0) is 37.1 Å². The molecule has 0 aliphatic rings. The number of aliphatic hydroxyl groups excluding tert-OH is 1. The zero-order chi connectivity index (χ0) is 14.3. The van der Waals surface area contributed by atoms with E-state index < -0.39 is 0 Å². The number of carbonyl (C=O) groups is 1. The van der Waals surface area contributed by atoms with E-state index >= 15 is 0 Å². The molecule has 1 aromatic rings. The van der Waals surface area contributed by atoms with Crippen LogP contribution in [-0.4, -0.2) is 31.2 Å². The lowest BCUT2D eigenvalue weighted by molar-refractivity contribution is 0.0963. The third kappa shape index (κ3) is 3.96. The lowest BCUT2D eigenvalue weighted by atomic mass is 9.83. The molecule has 0 aliphatic carbocycles. The van der Waals surface area contributed by atoms with Gasteiger partial charge in [0.15, 0.2) is 0 Å². The second-order valence-corrected chi connectivity index (χ2v) is 4.88. The molecule has 0 atom stereocenters. The molecular weight excluding hydrogens is 240 g/mol. The second kappa shape index (κ2) is 7.14. The summed E-state index contributed by atoms with van der Waals surface area (Å²) in [5, 5.41) is 15.4. The van der Waals surface area contributed by atoms with Crippen molar-refractivity contribution in [2.45, 2.75) is 26.7 Å². The number of hydrogen-bond acceptors (Lipinski definition) is 3. The van der Waals surface area contributed by atoms with E-state index in [1.165, 1.54) is 0 Å². The standard InChI is InChI=1S/C15H24N2O2/c1-4-15(5-2,11-18)10-17-13-8-6-12(7-9-13)14(19)16-3/h6-9,17-18H,4-5,10-11H2,1-3H3,(H,16,19). The Balaban J connectivity index is 2.66. The van der Waals surface area contributed by atoms with Crippen molar-refractivity contribution in [2.75, 3.05) is 25.5 Å². The molecule has 0 fully saturated rings. The van der Waals surface area contributed by atoms with Crippen molar-refractivity contribution in [3.63, 3.8) is 0 Å². The molecule has 1 aromatic carbocycles. The Labute approximate surface area is 115 Å². The molecule has 0 heterocycles. The van der Waals surface area contributed by atoms with Crippen molar-refractivity contribution in [3.05, 3.63) is 29.8 Å². The minimum absolute atomic E-state index is 0.0700. The third-order valence-electron chi connectivity index (χ3n) is 3.88. The smallest absolute Gasteiger partial charge is 0.251 e. The second-order valence-electron chi connectivity index (χ2n) is 4.88. The maximum absolute atomic E-state index is 11.4. The lowest BCUT2D eigenvalue weighted by Crippen LogP contribution is -2.32. The highest BCUT2D eigenvalue weighted by Gasteiger charge is 2.24. The largest absolute Gasteiger partial charge is 0.396 e. The van der Waals surface area contributed by atoms with Gasteiger partial charge in [-0.25, -0.2) is 0 Å². The van der Waals surface area contributed by atoms with Crippen molar-refractivity contribution in [3.8, 4) is 0 Å². The Morgan fingerprint density at radius 1 is 1.21 bits per heavy atom. The van der Waals surface area contributed by atoms with Gasteiger partial charge >= 0.3 is 0 Å². The van der Waals surface area contributed by atoms with E-state index in [2.05, 4.69) is 24.5 Å². The Morgan fingerprint density at radius 2 is 1.79 bits per heavy atom. The lowest BCUT2D eigenvalue weighted by Gasteiger charge is -2.30. The van der Waals surface area contributed by atoms with Gasteiger partial charge in [-0.3, -0.25) is 4.79 Å². The van der Waals surface area contributed by atoms with Gasteiger partial charge in [0.1, 0.15) is 0 Å². The highest BCUT2D eigenvalue weighted by molar-refractivity contribution is 5.94. The first-order valence-electron chi connectivity index (χ1n) is 6.77. The number of nitrogens with one attached hydrogen (secondary N) is 2. The summed E-state index contributed by atoms with van der Waals surface area (Å²) >= 11 is 0. The van der Waals surface area contributed by atoms with E-state index in [1.807, 2.05) is 12.1 Å². The Hall–Kier alpha value is -1.55. The molecule has 3 N–H and O–H groups in total. The molecule has 19 heavy (non-hydrogen) atoms. The molecule has 0 aliphatic heterocycles. The molecule has 4 nitrogen and oxygen atoms in total. The highest BCUT2D eigenvalue weighted by atomic mass is 16.3. The summed E-state index contributed by atoms with van der Waals surface area (Å²) < 4.78 is 0. The zero-order valence-electron chi connectivity index (χ0n) is 12.0. The van der Waals surface area contributed by atoms with Gasteiger partial charge in [-0.1, -0.05) is 13.8 Å². The number of anilines is 1. The number of carbonyl (C=O) groups excluding carboxylic acids is 1. The summed E-state index contributed by atoms with van der Waals surface area (Å²) in [5.74, 6) is -0.0848. The number of hydrogen-bond donors (Lipinski definition) is 3. The molecule has 1 rings (SSSR count). The molecule has 4 heteroatoms. The van der Waals surface area contributed by atoms with Crippen LogP contribution >= 0.6 is 0 Å². The molecular formula is C15H24N2O2. The van der Waals surface area contributed by atoms with E-state index in [9.17, 15) is 9.90 Å². The van der Waals surface area contributed by atoms with Gasteiger partial charge in [-0.15, -0.1) is 0 Å². The number of rotatable bonds is 7. The number of benzene rings is 1. The minimum atomic E-state index is -0.0848. The molecule has 0 aromatic heterocycles. The molecule has 0 saturated heterocycles. The highest BCUT2D eigenvalue weighted by Crippen LogP contribution is 2.26. The topological polar surface area (TPSA) is 61.4 Å². The normalized spacial score (nSPS) is 11.2. The van der Waals surface area contributed by atoms with Gasteiger partial charge in [0.2, 0.25) is 0 Å². The molecule has 1 amide bonds. The average Bonchev–Trinajstić information content (AvgIpc) is 2.49. The van der Waals surface area contributed by atoms with Gasteiger partial charge < -0.3 is 15.7 Å². The van der Waals surface area contributed by atoms with Gasteiger partial charge in [0, 0.05) is 30.3 Å². The number of aliphatic hydroxyl groups is 1. The third-order valence-corrected chi connectivity index (χ3v) is 3.88. The van der Waals surface area contributed by atoms with Crippen LogP contribution in [0.15, 0.2) is 24.3 Å². The van der Waals surface area contributed by atoms with Crippen LogP contribution in [0.1, 0.15) is 37.0 Å². The predicted octanol–water partition coefficient (Wildman–Crippen LogP) is 2.26. The van der Waals surface area contributed by atoms with Crippen LogP contribution in [0.2, 0.25) is 0 Å². The quantitative estimate of drug-likeness (QED) is 0.708. The van der Waals surface area contributed by atoms with Crippen molar-refractivity contribution in [1.82, 2.24) is 5.32 Å². The maximum atomic E-state index is 11.4.